The van der Waals surface area contributed by atoms with E-state index in [1.165, 1.54) is 6.20 Å². The van der Waals surface area contributed by atoms with Gasteiger partial charge in [-0.25, -0.2) is 4.98 Å². The van der Waals surface area contributed by atoms with Crippen molar-refractivity contribution >= 4 is 0 Å². The monoisotopic (exact) mass is 279 g/mol. The first-order valence-corrected chi connectivity index (χ1v) is 6.09. The fourth-order valence-electron chi connectivity index (χ4n) is 1.64. The van der Waals surface area contributed by atoms with E-state index in [2.05, 4.69) is 20.1 Å². The van der Waals surface area contributed by atoms with Crippen LogP contribution in [-0.4, -0.2) is 20.1 Å². The van der Waals surface area contributed by atoms with Gasteiger partial charge in [-0.1, -0.05) is 11.2 Å². The Hall–Kier alpha value is -3.27. The van der Waals surface area contributed by atoms with E-state index in [1.807, 2.05) is 12.1 Å². The molecule has 3 rings (SSSR count). The van der Waals surface area contributed by atoms with E-state index in [0.29, 0.717) is 23.2 Å². The maximum absolute atomic E-state index is 8.92. The van der Waals surface area contributed by atoms with Gasteiger partial charge in [0.25, 0.3) is 5.89 Å². The van der Waals surface area contributed by atoms with Crippen molar-refractivity contribution in [3.05, 3.63) is 54.3 Å². The van der Waals surface area contributed by atoms with Crippen LogP contribution in [0.2, 0.25) is 0 Å². The lowest BCUT2D eigenvalue weighted by molar-refractivity contribution is 0.241. The van der Waals surface area contributed by atoms with Crippen LogP contribution in [0.15, 0.2) is 47.2 Å². The van der Waals surface area contributed by atoms with Gasteiger partial charge in [-0.3, -0.25) is 4.98 Å². The highest BCUT2D eigenvalue weighted by atomic mass is 16.5. The molecule has 3 aromatic heterocycles. The summed E-state index contributed by atoms with van der Waals surface area (Å²) in [5.74, 6) is 1.06. The second kappa shape index (κ2) is 5.79. The summed E-state index contributed by atoms with van der Waals surface area (Å²) in [6.45, 7) is 0.0558. The number of nitrogens with zero attached hydrogens (tertiary/aromatic N) is 5. The summed E-state index contributed by atoms with van der Waals surface area (Å²) < 4.78 is 10.5. The molecule has 0 N–H and O–H groups in total. The lowest BCUT2D eigenvalue weighted by atomic mass is 10.3. The SMILES string of the molecule is N#Cc1ncccc1OCc1nc(-c2ccccn2)no1. The Morgan fingerprint density at radius 1 is 1.14 bits per heavy atom. The number of rotatable bonds is 4. The molecule has 0 spiro atoms. The Morgan fingerprint density at radius 2 is 2.05 bits per heavy atom. The van der Waals surface area contributed by atoms with Crippen LogP contribution in [0.25, 0.3) is 11.5 Å². The summed E-state index contributed by atoms with van der Waals surface area (Å²) in [5.41, 5.74) is 0.827. The molecule has 7 nitrogen and oxygen atoms in total. The summed E-state index contributed by atoms with van der Waals surface area (Å²) in [4.78, 5) is 12.2. The summed E-state index contributed by atoms with van der Waals surface area (Å²) in [7, 11) is 0. The average molecular weight is 279 g/mol. The van der Waals surface area contributed by atoms with Crippen LogP contribution in [0.3, 0.4) is 0 Å². The van der Waals surface area contributed by atoms with Gasteiger partial charge >= 0.3 is 0 Å². The molecule has 0 bridgehead atoms. The predicted octanol–water partition coefficient (Wildman–Crippen LogP) is 1.98. The molecule has 0 unspecified atom stereocenters. The number of hydrogen-bond donors (Lipinski definition) is 0. The fourth-order valence-corrected chi connectivity index (χ4v) is 1.64. The number of pyridine rings is 2. The summed E-state index contributed by atoms with van der Waals surface area (Å²) in [6, 6.07) is 10.7. The Labute approximate surface area is 119 Å². The highest BCUT2D eigenvalue weighted by Gasteiger charge is 2.11. The van der Waals surface area contributed by atoms with Gasteiger partial charge in [0.2, 0.25) is 5.82 Å². The minimum Gasteiger partial charge on any atom is -0.481 e. The first-order chi connectivity index (χ1) is 10.4. The zero-order chi connectivity index (χ0) is 14.5. The van der Waals surface area contributed by atoms with Crippen LogP contribution < -0.4 is 4.74 Å². The van der Waals surface area contributed by atoms with Crippen LogP contribution in [0.5, 0.6) is 5.75 Å². The van der Waals surface area contributed by atoms with Crippen LogP contribution in [-0.2, 0) is 6.61 Å². The molecule has 0 atom stereocenters. The molecule has 3 aromatic rings. The molecular weight excluding hydrogens is 270 g/mol. The van der Waals surface area contributed by atoms with Gasteiger partial charge in [0.15, 0.2) is 18.1 Å². The topological polar surface area (TPSA) is 97.7 Å². The van der Waals surface area contributed by atoms with E-state index in [1.54, 1.807) is 30.5 Å². The second-order valence-electron chi connectivity index (χ2n) is 3.98. The zero-order valence-corrected chi connectivity index (χ0v) is 10.8. The molecule has 0 amide bonds. The average Bonchev–Trinajstić information content (AvgIpc) is 3.03. The smallest absolute Gasteiger partial charge is 0.264 e. The molecule has 0 aromatic carbocycles. The van der Waals surface area contributed by atoms with Gasteiger partial charge in [0, 0.05) is 12.4 Å². The number of aromatic nitrogens is 4. The Balaban J connectivity index is 1.72. The van der Waals surface area contributed by atoms with E-state index in [9.17, 15) is 0 Å². The zero-order valence-electron chi connectivity index (χ0n) is 10.8. The predicted molar refractivity (Wildman–Crippen MR) is 70.8 cm³/mol. The van der Waals surface area contributed by atoms with Crippen molar-refractivity contribution in [2.45, 2.75) is 6.61 Å². The minimum atomic E-state index is 0.0558. The largest absolute Gasteiger partial charge is 0.481 e. The van der Waals surface area contributed by atoms with Crippen molar-refractivity contribution in [3.8, 4) is 23.3 Å². The third-order valence-corrected chi connectivity index (χ3v) is 2.59. The first-order valence-electron chi connectivity index (χ1n) is 6.09. The van der Waals surface area contributed by atoms with Gasteiger partial charge in [0.05, 0.1) is 0 Å². The van der Waals surface area contributed by atoms with Gasteiger partial charge in [-0.05, 0) is 24.3 Å². The highest BCUT2D eigenvalue weighted by molar-refractivity contribution is 5.47. The summed E-state index contributed by atoms with van der Waals surface area (Å²) in [6.07, 6.45) is 3.17. The van der Waals surface area contributed by atoms with Gasteiger partial charge < -0.3 is 9.26 Å². The van der Waals surface area contributed by atoms with Gasteiger partial charge in [0.1, 0.15) is 11.8 Å². The Bertz CT molecular complexity index is 779. The number of hydrogen-bond acceptors (Lipinski definition) is 7. The molecule has 21 heavy (non-hydrogen) atoms. The van der Waals surface area contributed by atoms with Crippen LogP contribution >= 0.6 is 0 Å². The lowest BCUT2D eigenvalue weighted by Crippen LogP contribution is -1.98. The van der Waals surface area contributed by atoms with E-state index in [4.69, 9.17) is 14.5 Å². The molecule has 0 aliphatic carbocycles. The lowest BCUT2D eigenvalue weighted by Gasteiger charge is -2.03. The van der Waals surface area contributed by atoms with Crippen LogP contribution in [0.4, 0.5) is 0 Å². The highest BCUT2D eigenvalue weighted by Crippen LogP contribution is 2.17. The first kappa shape index (κ1) is 12.7. The Morgan fingerprint density at radius 3 is 2.86 bits per heavy atom. The van der Waals surface area contributed by atoms with Gasteiger partial charge in [-0.2, -0.15) is 10.2 Å². The third-order valence-electron chi connectivity index (χ3n) is 2.59. The second-order valence-corrected chi connectivity index (χ2v) is 3.98. The molecule has 0 saturated carbocycles. The number of nitriles is 1. The van der Waals surface area contributed by atoms with Crippen molar-refractivity contribution in [1.82, 2.24) is 20.1 Å². The molecule has 102 valence electrons. The molecule has 3 heterocycles. The minimum absolute atomic E-state index is 0.0558. The van der Waals surface area contributed by atoms with Crippen LogP contribution in [0.1, 0.15) is 11.6 Å². The van der Waals surface area contributed by atoms with Crippen molar-refractivity contribution in [2.24, 2.45) is 0 Å². The quantitative estimate of drug-likeness (QED) is 0.720. The summed E-state index contributed by atoms with van der Waals surface area (Å²) in [5, 5.41) is 12.7. The molecule has 7 heteroatoms. The molecule has 0 radical (unpaired) electrons. The maximum atomic E-state index is 8.92. The summed E-state index contributed by atoms with van der Waals surface area (Å²) >= 11 is 0. The number of ether oxygens (including phenoxy) is 1. The molecule has 0 aliphatic rings. The van der Waals surface area contributed by atoms with E-state index in [-0.39, 0.29) is 12.3 Å². The van der Waals surface area contributed by atoms with Crippen molar-refractivity contribution in [1.29, 1.82) is 5.26 Å². The van der Waals surface area contributed by atoms with Crippen molar-refractivity contribution < 1.29 is 9.26 Å². The van der Waals surface area contributed by atoms with E-state index < -0.39 is 0 Å². The third kappa shape index (κ3) is 2.84. The fraction of sp³-hybridized carbons (Fsp3) is 0.0714. The maximum Gasteiger partial charge on any atom is 0.264 e. The van der Waals surface area contributed by atoms with Crippen molar-refractivity contribution in [3.63, 3.8) is 0 Å². The van der Waals surface area contributed by atoms with Crippen LogP contribution in [0, 0.1) is 11.3 Å². The van der Waals surface area contributed by atoms with E-state index in [0.717, 1.165) is 0 Å². The normalized spacial score (nSPS) is 10.0. The molecule has 0 fully saturated rings. The molecular formula is C14H9N5O2. The van der Waals surface area contributed by atoms with Gasteiger partial charge in [-0.15, -0.1) is 0 Å². The van der Waals surface area contributed by atoms with E-state index >= 15 is 0 Å². The standard InChI is InChI=1S/C14H9N5O2/c15-8-11-12(5-3-7-17-11)20-9-13-18-14(19-21-13)10-4-1-2-6-16-10/h1-7H,9H2. The van der Waals surface area contributed by atoms with Crippen molar-refractivity contribution in [2.75, 3.05) is 0 Å². The molecule has 0 aliphatic heterocycles. The Kier molecular flexibility index (Phi) is 3.52. The molecule has 0 saturated heterocycles.